The Labute approximate surface area is 95.4 Å². The van der Waals surface area contributed by atoms with E-state index in [1.807, 2.05) is 18.7 Å². The fourth-order valence-electron chi connectivity index (χ4n) is 2.21. The van der Waals surface area contributed by atoms with Crippen molar-refractivity contribution in [1.82, 2.24) is 4.90 Å². The smallest absolute Gasteiger partial charge is 0.257 e. The number of furan rings is 1. The van der Waals surface area contributed by atoms with E-state index in [4.69, 9.17) is 10.2 Å². The summed E-state index contributed by atoms with van der Waals surface area (Å²) >= 11 is 0. The molecule has 0 bridgehead atoms. The molecule has 0 radical (unpaired) electrons. The van der Waals surface area contributed by atoms with Crippen molar-refractivity contribution in [3.63, 3.8) is 0 Å². The number of carbonyl (C=O) groups is 1. The van der Waals surface area contributed by atoms with Crippen molar-refractivity contribution in [2.45, 2.75) is 32.7 Å². The number of aryl methyl sites for hydroxylation is 2. The van der Waals surface area contributed by atoms with E-state index in [1.165, 1.54) is 0 Å². The lowest BCUT2D eigenvalue weighted by molar-refractivity contribution is 0.0707. The van der Waals surface area contributed by atoms with E-state index in [0.29, 0.717) is 17.9 Å². The lowest BCUT2D eigenvalue weighted by atomic mass is 10.1. The van der Waals surface area contributed by atoms with Crippen molar-refractivity contribution >= 4 is 5.91 Å². The van der Waals surface area contributed by atoms with Crippen molar-refractivity contribution in [2.75, 3.05) is 13.1 Å². The topological polar surface area (TPSA) is 59.5 Å². The van der Waals surface area contributed by atoms with Gasteiger partial charge in [-0.2, -0.15) is 0 Å². The number of carbonyl (C=O) groups excluding carboxylic acids is 1. The second-order valence-electron chi connectivity index (χ2n) is 4.48. The summed E-state index contributed by atoms with van der Waals surface area (Å²) in [6.45, 7) is 5.13. The Bertz CT molecular complexity index is 398. The van der Waals surface area contributed by atoms with Gasteiger partial charge >= 0.3 is 0 Å². The van der Waals surface area contributed by atoms with E-state index in [9.17, 15) is 4.79 Å². The molecule has 1 aliphatic rings. The van der Waals surface area contributed by atoms with Crippen molar-refractivity contribution in [1.29, 1.82) is 0 Å². The zero-order valence-corrected chi connectivity index (χ0v) is 9.82. The monoisotopic (exact) mass is 222 g/mol. The second kappa shape index (κ2) is 4.29. The summed E-state index contributed by atoms with van der Waals surface area (Å²) in [4.78, 5) is 14.0. The van der Waals surface area contributed by atoms with Crippen LogP contribution in [0.2, 0.25) is 0 Å². The average Bonchev–Trinajstić information content (AvgIpc) is 2.57. The maximum Gasteiger partial charge on any atom is 0.257 e. The second-order valence-corrected chi connectivity index (χ2v) is 4.48. The van der Waals surface area contributed by atoms with E-state index in [2.05, 4.69) is 0 Å². The summed E-state index contributed by atoms with van der Waals surface area (Å²) in [6.07, 6.45) is 2.00. The zero-order valence-electron chi connectivity index (χ0n) is 9.82. The Hall–Kier alpha value is -1.29. The highest BCUT2D eigenvalue weighted by molar-refractivity contribution is 5.95. The lowest BCUT2D eigenvalue weighted by Gasteiger charge is -2.30. The molecule has 1 fully saturated rings. The highest BCUT2D eigenvalue weighted by atomic mass is 16.3. The molecule has 1 aliphatic heterocycles. The molecule has 1 saturated heterocycles. The summed E-state index contributed by atoms with van der Waals surface area (Å²) < 4.78 is 5.37. The molecule has 0 aromatic carbocycles. The van der Waals surface area contributed by atoms with Gasteiger partial charge in [-0.25, -0.2) is 0 Å². The van der Waals surface area contributed by atoms with E-state index < -0.39 is 0 Å². The number of hydrogen-bond donors (Lipinski definition) is 1. The summed E-state index contributed by atoms with van der Waals surface area (Å²) in [5.74, 6) is 1.52. The Balaban J connectivity index is 2.15. The number of amides is 1. The van der Waals surface area contributed by atoms with Crippen molar-refractivity contribution < 1.29 is 9.21 Å². The van der Waals surface area contributed by atoms with Crippen LogP contribution in [0.4, 0.5) is 0 Å². The molecule has 1 aromatic rings. The molecule has 2 heterocycles. The first-order valence-electron chi connectivity index (χ1n) is 5.70. The van der Waals surface area contributed by atoms with E-state index >= 15 is 0 Å². The Kier molecular flexibility index (Phi) is 3.01. The van der Waals surface area contributed by atoms with Crippen LogP contribution in [0.5, 0.6) is 0 Å². The molecular formula is C12H18N2O2. The molecule has 2 rings (SSSR count). The van der Waals surface area contributed by atoms with Gasteiger partial charge in [0.15, 0.2) is 0 Å². The number of piperidine rings is 1. The van der Waals surface area contributed by atoms with Crippen molar-refractivity contribution in [3.8, 4) is 0 Å². The molecule has 2 N–H and O–H groups in total. The minimum atomic E-state index is 0.0458. The molecule has 1 aromatic heterocycles. The van der Waals surface area contributed by atoms with Gasteiger partial charge in [0, 0.05) is 19.1 Å². The van der Waals surface area contributed by atoms with Gasteiger partial charge in [0.05, 0.1) is 5.56 Å². The first-order valence-corrected chi connectivity index (χ1v) is 5.70. The summed E-state index contributed by atoms with van der Waals surface area (Å²) in [5, 5.41) is 0. The third-order valence-corrected chi connectivity index (χ3v) is 3.02. The van der Waals surface area contributed by atoms with Crippen LogP contribution < -0.4 is 5.73 Å². The van der Waals surface area contributed by atoms with Crippen LogP contribution in [0.15, 0.2) is 10.5 Å². The zero-order chi connectivity index (χ0) is 11.7. The molecular weight excluding hydrogens is 204 g/mol. The molecule has 88 valence electrons. The van der Waals surface area contributed by atoms with Crippen LogP contribution >= 0.6 is 0 Å². The summed E-state index contributed by atoms with van der Waals surface area (Å²) in [5.41, 5.74) is 6.54. The molecule has 0 unspecified atom stereocenters. The lowest BCUT2D eigenvalue weighted by Crippen LogP contribution is -2.45. The minimum absolute atomic E-state index is 0.0458. The first-order chi connectivity index (χ1) is 7.58. The van der Waals surface area contributed by atoms with Crippen LogP contribution in [0.25, 0.3) is 0 Å². The summed E-state index contributed by atoms with van der Waals surface area (Å²) in [7, 11) is 0. The molecule has 0 saturated carbocycles. The molecule has 4 heteroatoms. The fourth-order valence-corrected chi connectivity index (χ4v) is 2.21. The van der Waals surface area contributed by atoms with Crippen molar-refractivity contribution in [3.05, 3.63) is 23.2 Å². The van der Waals surface area contributed by atoms with Gasteiger partial charge in [0.25, 0.3) is 5.91 Å². The quantitative estimate of drug-likeness (QED) is 0.782. The van der Waals surface area contributed by atoms with E-state index in [-0.39, 0.29) is 11.9 Å². The normalized spacial score (nSPS) is 21.2. The molecule has 16 heavy (non-hydrogen) atoms. The van der Waals surface area contributed by atoms with Gasteiger partial charge in [-0.15, -0.1) is 0 Å². The molecule has 1 amide bonds. The Morgan fingerprint density at radius 3 is 2.88 bits per heavy atom. The first kappa shape index (κ1) is 11.2. The van der Waals surface area contributed by atoms with Crippen LogP contribution in [-0.4, -0.2) is 29.9 Å². The highest BCUT2D eigenvalue weighted by Crippen LogP contribution is 2.18. The van der Waals surface area contributed by atoms with Gasteiger partial charge in [0.1, 0.15) is 11.5 Å². The van der Waals surface area contributed by atoms with Gasteiger partial charge in [0.2, 0.25) is 0 Å². The maximum atomic E-state index is 12.2. The number of rotatable bonds is 1. The SMILES string of the molecule is Cc1cc(C(=O)N2CCC[C@@H](N)C2)c(C)o1. The Morgan fingerprint density at radius 1 is 1.56 bits per heavy atom. The minimum Gasteiger partial charge on any atom is -0.466 e. The predicted molar refractivity (Wildman–Crippen MR) is 61.3 cm³/mol. The average molecular weight is 222 g/mol. The number of likely N-dealkylation sites (tertiary alicyclic amines) is 1. The maximum absolute atomic E-state index is 12.2. The standard InChI is InChI=1S/C12H18N2O2/c1-8-6-11(9(2)16-8)12(15)14-5-3-4-10(13)7-14/h6,10H,3-5,7,13H2,1-2H3/t10-/m1/s1. The highest BCUT2D eigenvalue weighted by Gasteiger charge is 2.24. The van der Waals surface area contributed by atoms with E-state index in [0.717, 1.165) is 25.1 Å². The van der Waals surface area contributed by atoms with Gasteiger partial charge in [-0.1, -0.05) is 0 Å². The van der Waals surface area contributed by atoms with E-state index in [1.54, 1.807) is 6.07 Å². The largest absolute Gasteiger partial charge is 0.466 e. The molecule has 4 nitrogen and oxygen atoms in total. The van der Waals surface area contributed by atoms with Crippen molar-refractivity contribution in [2.24, 2.45) is 5.73 Å². The number of nitrogens with zero attached hydrogens (tertiary/aromatic N) is 1. The van der Waals surface area contributed by atoms with Gasteiger partial charge < -0.3 is 15.1 Å². The van der Waals surface area contributed by atoms with Crippen LogP contribution in [-0.2, 0) is 0 Å². The van der Waals surface area contributed by atoms with Crippen LogP contribution in [0.3, 0.4) is 0 Å². The van der Waals surface area contributed by atoms with Crippen LogP contribution in [0.1, 0.15) is 34.7 Å². The third kappa shape index (κ3) is 2.11. The molecule has 0 aliphatic carbocycles. The Morgan fingerprint density at radius 2 is 2.31 bits per heavy atom. The molecule has 0 spiro atoms. The summed E-state index contributed by atoms with van der Waals surface area (Å²) in [6, 6.07) is 1.92. The number of hydrogen-bond acceptors (Lipinski definition) is 3. The molecule has 1 atom stereocenters. The fraction of sp³-hybridized carbons (Fsp3) is 0.583. The predicted octanol–water partition coefficient (Wildman–Crippen LogP) is 1.46. The van der Waals surface area contributed by atoms with Gasteiger partial charge in [-0.05, 0) is 32.8 Å². The number of nitrogens with two attached hydrogens (primary N) is 1. The van der Waals surface area contributed by atoms with Crippen LogP contribution in [0, 0.1) is 13.8 Å². The third-order valence-electron chi connectivity index (χ3n) is 3.02. The van der Waals surface area contributed by atoms with Gasteiger partial charge in [-0.3, -0.25) is 4.79 Å².